The first kappa shape index (κ1) is 20.3. The smallest absolute Gasteiger partial charge is 0.338 e. The van der Waals surface area contributed by atoms with Crippen LogP contribution in [0.25, 0.3) is 0 Å². The Labute approximate surface area is 178 Å². The van der Waals surface area contributed by atoms with Crippen LogP contribution in [0.4, 0.5) is 10.6 Å². The number of aromatic nitrogens is 2. The number of piperazine rings is 1. The van der Waals surface area contributed by atoms with Gasteiger partial charge in [0.15, 0.2) is 0 Å². The Kier molecular flexibility index (Phi) is 6.24. The monoisotopic (exact) mass is 428 g/mol. The summed E-state index contributed by atoms with van der Waals surface area (Å²) in [7, 11) is 0. The molecule has 1 saturated heterocycles. The molecule has 2 amide bonds. The van der Waals surface area contributed by atoms with Crippen molar-refractivity contribution in [1.82, 2.24) is 25.5 Å². The standard InChI is InChI=1S/C20H24N6O3S/c1-2-29-19(27)17-14(23-20(28)24-18(17)15-4-3-11-30-15)13-25-7-9-26(10-8-25)16-12-21-5-6-22-16/h3-6,11-12,18H,2,7-10,13H2,1H3,(H2,23,24,28). The van der Waals surface area contributed by atoms with Gasteiger partial charge in [-0.1, -0.05) is 6.07 Å². The van der Waals surface area contributed by atoms with Gasteiger partial charge in [-0.3, -0.25) is 9.88 Å². The lowest BCUT2D eigenvalue weighted by Crippen LogP contribution is -2.51. The highest BCUT2D eigenvalue weighted by atomic mass is 32.1. The second-order valence-corrected chi connectivity index (χ2v) is 7.97. The summed E-state index contributed by atoms with van der Waals surface area (Å²) >= 11 is 1.50. The number of nitrogens with zero attached hydrogens (tertiary/aromatic N) is 4. The zero-order valence-corrected chi connectivity index (χ0v) is 17.5. The van der Waals surface area contributed by atoms with E-state index in [0.717, 1.165) is 36.9 Å². The van der Waals surface area contributed by atoms with Crippen molar-refractivity contribution in [3.63, 3.8) is 0 Å². The predicted molar refractivity (Wildman–Crippen MR) is 113 cm³/mol. The Morgan fingerprint density at radius 2 is 2.13 bits per heavy atom. The van der Waals surface area contributed by atoms with Gasteiger partial charge in [0.05, 0.1) is 24.4 Å². The molecule has 2 aromatic rings. The largest absolute Gasteiger partial charge is 0.463 e. The first-order chi connectivity index (χ1) is 14.7. The summed E-state index contributed by atoms with van der Waals surface area (Å²) in [4.78, 5) is 38.9. The van der Waals surface area contributed by atoms with Crippen LogP contribution >= 0.6 is 11.3 Å². The predicted octanol–water partition coefficient (Wildman–Crippen LogP) is 1.53. The molecule has 0 spiro atoms. The molecule has 158 valence electrons. The second-order valence-electron chi connectivity index (χ2n) is 6.99. The number of carbonyl (C=O) groups excluding carboxylic acids is 2. The molecule has 0 bridgehead atoms. The summed E-state index contributed by atoms with van der Waals surface area (Å²) in [6.45, 7) is 5.67. The van der Waals surface area contributed by atoms with Crippen molar-refractivity contribution >= 4 is 29.2 Å². The van der Waals surface area contributed by atoms with Crippen molar-refractivity contribution in [3.8, 4) is 0 Å². The molecule has 1 atom stereocenters. The molecule has 2 N–H and O–H groups in total. The third-order valence-corrected chi connectivity index (χ3v) is 6.04. The Balaban J connectivity index is 1.53. The van der Waals surface area contributed by atoms with Crippen molar-refractivity contribution in [2.45, 2.75) is 13.0 Å². The third-order valence-electron chi connectivity index (χ3n) is 5.10. The fraction of sp³-hybridized carbons (Fsp3) is 0.400. The van der Waals surface area contributed by atoms with Gasteiger partial charge in [0.1, 0.15) is 5.82 Å². The molecule has 1 unspecified atom stereocenters. The highest BCUT2D eigenvalue weighted by molar-refractivity contribution is 7.10. The number of ether oxygens (including phenoxy) is 1. The van der Waals surface area contributed by atoms with Gasteiger partial charge in [0.25, 0.3) is 0 Å². The second kappa shape index (κ2) is 9.23. The van der Waals surface area contributed by atoms with Crippen LogP contribution in [0.3, 0.4) is 0 Å². The number of thiophene rings is 1. The van der Waals surface area contributed by atoms with Crippen molar-refractivity contribution in [2.75, 3.05) is 44.2 Å². The molecule has 2 aliphatic rings. The maximum Gasteiger partial charge on any atom is 0.338 e. The molecule has 0 saturated carbocycles. The molecular weight excluding hydrogens is 404 g/mol. The molecule has 0 aliphatic carbocycles. The summed E-state index contributed by atoms with van der Waals surface area (Å²) in [5, 5.41) is 7.64. The van der Waals surface area contributed by atoms with Crippen LogP contribution in [-0.4, -0.2) is 66.2 Å². The van der Waals surface area contributed by atoms with Crippen molar-refractivity contribution in [3.05, 3.63) is 52.3 Å². The number of amides is 2. The van der Waals surface area contributed by atoms with E-state index < -0.39 is 12.0 Å². The van der Waals surface area contributed by atoms with Gasteiger partial charge in [-0.05, 0) is 18.4 Å². The van der Waals surface area contributed by atoms with Gasteiger partial charge >= 0.3 is 12.0 Å². The van der Waals surface area contributed by atoms with Crippen LogP contribution in [0.2, 0.25) is 0 Å². The number of carbonyl (C=O) groups is 2. The number of hydrogen-bond acceptors (Lipinski definition) is 8. The first-order valence-corrected chi connectivity index (χ1v) is 10.8. The average Bonchev–Trinajstić information content (AvgIpc) is 3.29. The van der Waals surface area contributed by atoms with Gasteiger partial charge in [-0.25, -0.2) is 14.6 Å². The quantitative estimate of drug-likeness (QED) is 0.673. The number of esters is 1. The van der Waals surface area contributed by atoms with Crippen LogP contribution in [-0.2, 0) is 9.53 Å². The molecule has 1 fully saturated rings. The molecule has 10 heteroatoms. The number of anilines is 1. The van der Waals surface area contributed by atoms with Crippen LogP contribution in [0.1, 0.15) is 17.8 Å². The molecule has 2 aliphatic heterocycles. The minimum atomic E-state index is -0.506. The maximum atomic E-state index is 12.8. The van der Waals surface area contributed by atoms with Gasteiger partial charge < -0.3 is 20.3 Å². The number of hydrogen-bond donors (Lipinski definition) is 2. The van der Waals surface area contributed by atoms with Crippen LogP contribution in [0, 0.1) is 0 Å². The van der Waals surface area contributed by atoms with Gasteiger partial charge in [-0.2, -0.15) is 0 Å². The highest BCUT2D eigenvalue weighted by Gasteiger charge is 2.35. The van der Waals surface area contributed by atoms with Crippen LogP contribution in [0.15, 0.2) is 47.4 Å². The summed E-state index contributed by atoms with van der Waals surface area (Å²) in [5.74, 6) is 0.452. The molecule has 0 radical (unpaired) electrons. The lowest BCUT2D eigenvalue weighted by molar-refractivity contribution is -0.139. The summed E-state index contributed by atoms with van der Waals surface area (Å²) < 4.78 is 5.31. The zero-order chi connectivity index (χ0) is 20.9. The lowest BCUT2D eigenvalue weighted by atomic mass is 10.0. The fourth-order valence-electron chi connectivity index (χ4n) is 3.67. The SMILES string of the molecule is CCOC(=O)C1=C(CN2CCN(c3cnccn3)CC2)NC(=O)NC1c1cccs1. The normalized spacial score (nSPS) is 20.0. The zero-order valence-electron chi connectivity index (χ0n) is 16.7. The van der Waals surface area contributed by atoms with E-state index in [1.54, 1.807) is 25.5 Å². The van der Waals surface area contributed by atoms with Gasteiger partial charge in [-0.15, -0.1) is 11.3 Å². The summed E-state index contributed by atoms with van der Waals surface area (Å²) in [6.07, 6.45) is 5.11. The average molecular weight is 429 g/mol. The Hall–Kier alpha value is -2.98. The number of urea groups is 1. The minimum Gasteiger partial charge on any atom is -0.463 e. The highest BCUT2D eigenvalue weighted by Crippen LogP contribution is 2.31. The third kappa shape index (κ3) is 4.44. The Morgan fingerprint density at radius 1 is 1.30 bits per heavy atom. The van der Waals surface area contributed by atoms with Crippen LogP contribution in [0.5, 0.6) is 0 Å². The lowest BCUT2D eigenvalue weighted by Gasteiger charge is -2.37. The minimum absolute atomic E-state index is 0.275. The van der Waals surface area contributed by atoms with Crippen molar-refractivity contribution < 1.29 is 14.3 Å². The summed E-state index contributed by atoms with van der Waals surface area (Å²) in [5.41, 5.74) is 1.07. The first-order valence-electron chi connectivity index (χ1n) is 9.90. The van der Waals surface area contributed by atoms with Crippen molar-refractivity contribution in [2.24, 2.45) is 0 Å². The number of rotatable bonds is 6. The molecule has 4 heterocycles. The van der Waals surface area contributed by atoms with E-state index in [-0.39, 0.29) is 12.6 Å². The number of nitrogens with one attached hydrogen (secondary N) is 2. The molecule has 30 heavy (non-hydrogen) atoms. The van der Waals surface area contributed by atoms with E-state index in [1.807, 2.05) is 17.5 Å². The maximum absolute atomic E-state index is 12.8. The molecular formula is C20H24N6O3S. The molecule has 2 aromatic heterocycles. The van der Waals surface area contributed by atoms with E-state index >= 15 is 0 Å². The molecule has 0 aromatic carbocycles. The topological polar surface area (TPSA) is 99.7 Å². The van der Waals surface area contributed by atoms with E-state index in [4.69, 9.17) is 4.74 Å². The fourth-order valence-corrected chi connectivity index (χ4v) is 4.46. The summed E-state index contributed by atoms with van der Waals surface area (Å²) in [6, 6.07) is 3.00. The van der Waals surface area contributed by atoms with Crippen LogP contribution < -0.4 is 15.5 Å². The Bertz CT molecular complexity index is 910. The van der Waals surface area contributed by atoms with E-state index in [9.17, 15) is 9.59 Å². The van der Waals surface area contributed by atoms with E-state index in [1.165, 1.54) is 11.3 Å². The van der Waals surface area contributed by atoms with E-state index in [2.05, 4.69) is 30.4 Å². The van der Waals surface area contributed by atoms with Gasteiger partial charge in [0.2, 0.25) is 0 Å². The Morgan fingerprint density at radius 3 is 2.80 bits per heavy atom. The van der Waals surface area contributed by atoms with E-state index in [0.29, 0.717) is 17.8 Å². The molecule has 4 rings (SSSR count). The van der Waals surface area contributed by atoms with Crippen molar-refractivity contribution in [1.29, 1.82) is 0 Å². The molecule has 9 nitrogen and oxygen atoms in total. The van der Waals surface area contributed by atoms with Gasteiger partial charge in [0, 0.05) is 55.7 Å².